The molecule has 3 rings (SSSR count). The summed E-state index contributed by atoms with van der Waals surface area (Å²) in [5.41, 5.74) is 4.86. The molecule has 1 fully saturated rings. The fourth-order valence-corrected chi connectivity index (χ4v) is 3.09. The van der Waals surface area contributed by atoms with Crippen LogP contribution in [0.15, 0.2) is 40.0 Å². The van der Waals surface area contributed by atoms with Crippen molar-refractivity contribution in [3.63, 3.8) is 0 Å². The van der Waals surface area contributed by atoms with Gasteiger partial charge in [0.15, 0.2) is 0 Å². The number of hydrogen-bond acceptors (Lipinski definition) is 6. The highest BCUT2D eigenvalue weighted by Gasteiger charge is 2.36. The molecule has 0 aliphatic carbocycles. The van der Waals surface area contributed by atoms with Gasteiger partial charge < -0.3 is 25.1 Å². The zero-order valence-electron chi connectivity index (χ0n) is 18.3. The molecule has 1 aromatic heterocycles. The molecule has 0 amide bonds. The van der Waals surface area contributed by atoms with E-state index in [1.807, 2.05) is 0 Å². The highest BCUT2D eigenvalue weighted by Crippen LogP contribution is 2.39. The van der Waals surface area contributed by atoms with Gasteiger partial charge in [-0.25, -0.2) is 0 Å². The molecule has 1 aromatic carbocycles. The smallest absolute Gasteiger partial charge is 0.419 e. The number of benzene rings is 1. The Morgan fingerprint density at radius 1 is 1.41 bits per heavy atom. The number of guanidine groups is 1. The van der Waals surface area contributed by atoms with Crippen molar-refractivity contribution in [1.82, 2.24) is 15.0 Å². The quantitative estimate of drug-likeness (QED) is 0.215. The lowest BCUT2D eigenvalue weighted by Crippen LogP contribution is -2.36. The Morgan fingerprint density at radius 2 is 2.12 bits per heavy atom. The molecule has 11 heteroatoms. The van der Waals surface area contributed by atoms with Crippen molar-refractivity contribution in [3.05, 3.63) is 41.8 Å². The minimum absolute atomic E-state index is 0.0110. The first-order valence-electron chi connectivity index (χ1n) is 10.3. The fourth-order valence-electron chi connectivity index (χ4n) is 3.09. The number of aromatic nitrogens is 2. The number of ether oxygens (including phenoxy) is 1. The standard InChI is InChI=1S/C18H20F3N5O3.C3H8/c1-2-3-9-28-14-7-6-11(10-12(14)18(19,20)21)15-23-16(29-25-15)13-5-4-8-26(13)17(22)24-27;1-3-2/h2-3,6-7,10,13,27H,4-5,8-9H2,1H3,(H2,22,24);3H2,1-2H3/b3-2+;/t13-;/m0./s1. The maximum atomic E-state index is 13.5. The van der Waals surface area contributed by atoms with Crippen LogP contribution in [0.4, 0.5) is 13.2 Å². The van der Waals surface area contributed by atoms with Crippen molar-refractivity contribution in [3.8, 4) is 17.1 Å². The van der Waals surface area contributed by atoms with E-state index in [0.29, 0.717) is 13.0 Å². The molecule has 0 radical (unpaired) electrons. The Balaban J connectivity index is 0.00000114. The fraction of sp³-hybridized carbons (Fsp3) is 0.476. The summed E-state index contributed by atoms with van der Waals surface area (Å²) in [5, 5.41) is 15.7. The Kier molecular flexibility index (Phi) is 8.91. The second-order valence-corrected chi connectivity index (χ2v) is 7.06. The van der Waals surface area contributed by atoms with Crippen molar-refractivity contribution in [2.75, 3.05) is 13.2 Å². The molecule has 1 aliphatic rings. The van der Waals surface area contributed by atoms with Crippen molar-refractivity contribution in [2.24, 2.45) is 10.9 Å². The summed E-state index contributed by atoms with van der Waals surface area (Å²) in [7, 11) is 0. The largest absolute Gasteiger partial charge is 0.489 e. The van der Waals surface area contributed by atoms with Gasteiger partial charge in [-0.1, -0.05) is 42.7 Å². The van der Waals surface area contributed by atoms with Gasteiger partial charge in [-0.05, 0) is 38.0 Å². The lowest BCUT2D eigenvalue weighted by atomic mass is 10.1. The first kappa shape index (κ1) is 25.0. The second-order valence-electron chi connectivity index (χ2n) is 7.06. The van der Waals surface area contributed by atoms with Gasteiger partial charge in [0.25, 0.3) is 0 Å². The molecule has 8 nitrogen and oxygen atoms in total. The number of hydrogen-bond donors (Lipinski definition) is 2. The van der Waals surface area contributed by atoms with Gasteiger partial charge in [0, 0.05) is 12.1 Å². The van der Waals surface area contributed by atoms with Crippen LogP contribution < -0.4 is 10.5 Å². The number of halogens is 3. The third-order valence-electron chi connectivity index (χ3n) is 4.49. The normalized spacial score (nSPS) is 16.9. The predicted molar refractivity (Wildman–Crippen MR) is 113 cm³/mol. The Morgan fingerprint density at radius 3 is 2.75 bits per heavy atom. The number of allylic oxidation sites excluding steroid dienone is 1. The van der Waals surface area contributed by atoms with Crippen LogP contribution in [0.25, 0.3) is 11.4 Å². The third-order valence-corrected chi connectivity index (χ3v) is 4.49. The highest BCUT2D eigenvalue weighted by atomic mass is 19.4. The van der Waals surface area contributed by atoms with Gasteiger partial charge in [-0.2, -0.15) is 18.2 Å². The second kappa shape index (κ2) is 11.4. The number of rotatable bonds is 5. The summed E-state index contributed by atoms with van der Waals surface area (Å²) >= 11 is 0. The molecule has 3 N–H and O–H groups in total. The molecule has 0 spiro atoms. The molecule has 1 atom stereocenters. The van der Waals surface area contributed by atoms with E-state index in [4.69, 9.17) is 20.2 Å². The van der Waals surface area contributed by atoms with E-state index in [0.717, 1.165) is 12.5 Å². The topological polar surface area (TPSA) is 110 Å². The summed E-state index contributed by atoms with van der Waals surface area (Å²) in [4.78, 5) is 5.82. The summed E-state index contributed by atoms with van der Waals surface area (Å²) in [6, 6.07) is 3.19. The average molecular weight is 455 g/mol. The number of oxime groups is 1. The number of likely N-dealkylation sites (tertiary alicyclic amines) is 1. The first-order chi connectivity index (χ1) is 15.3. The van der Waals surface area contributed by atoms with Crippen LogP contribution in [0.5, 0.6) is 5.75 Å². The first-order valence-corrected chi connectivity index (χ1v) is 10.3. The van der Waals surface area contributed by atoms with E-state index in [9.17, 15) is 13.2 Å². The lowest BCUT2D eigenvalue weighted by Gasteiger charge is -2.21. The Hall–Kier alpha value is -3.24. The molecule has 32 heavy (non-hydrogen) atoms. The monoisotopic (exact) mass is 455 g/mol. The zero-order valence-corrected chi connectivity index (χ0v) is 18.3. The molecule has 0 bridgehead atoms. The van der Waals surface area contributed by atoms with Crippen molar-refractivity contribution in [1.29, 1.82) is 0 Å². The van der Waals surface area contributed by atoms with Crippen molar-refractivity contribution < 1.29 is 27.6 Å². The van der Waals surface area contributed by atoms with Crippen LogP contribution in [0, 0.1) is 0 Å². The summed E-state index contributed by atoms with van der Waals surface area (Å²) < 4.78 is 50.8. The van der Waals surface area contributed by atoms with Crippen LogP contribution in [0.2, 0.25) is 0 Å². The van der Waals surface area contributed by atoms with E-state index in [1.54, 1.807) is 24.0 Å². The summed E-state index contributed by atoms with van der Waals surface area (Å²) in [5.74, 6) is -0.172. The molecular formula is C21H28F3N5O3. The zero-order chi connectivity index (χ0) is 23.7. The maximum Gasteiger partial charge on any atom is 0.419 e. The average Bonchev–Trinajstić information content (AvgIpc) is 3.43. The molecule has 176 valence electrons. The van der Waals surface area contributed by atoms with Crippen LogP contribution in [0.1, 0.15) is 57.5 Å². The molecule has 2 aromatic rings. The maximum absolute atomic E-state index is 13.5. The van der Waals surface area contributed by atoms with Crippen LogP contribution in [-0.2, 0) is 6.18 Å². The molecule has 1 aliphatic heterocycles. The molecular weight excluding hydrogens is 427 g/mol. The highest BCUT2D eigenvalue weighted by molar-refractivity contribution is 5.78. The minimum atomic E-state index is -4.61. The van der Waals surface area contributed by atoms with Crippen molar-refractivity contribution in [2.45, 2.75) is 52.3 Å². The van der Waals surface area contributed by atoms with Crippen LogP contribution in [-0.4, -0.2) is 39.4 Å². The van der Waals surface area contributed by atoms with Gasteiger partial charge >= 0.3 is 6.18 Å². The van der Waals surface area contributed by atoms with E-state index < -0.39 is 17.8 Å². The van der Waals surface area contributed by atoms with Crippen LogP contribution >= 0.6 is 0 Å². The van der Waals surface area contributed by atoms with Gasteiger partial charge in [-0.3, -0.25) is 0 Å². The minimum Gasteiger partial charge on any atom is -0.489 e. The van der Waals surface area contributed by atoms with E-state index in [1.165, 1.54) is 18.6 Å². The number of alkyl halides is 3. The van der Waals surface area contributed by atoms with Crippen molar-refractivity contribution >= 4 is 5.96 Å². The van der Waals surface area contributed by atoms with Gasteiger partial charge in [0.05, 0.1) is 5.56 Å². The van der Waals surface area contributed by atoms with E-state index in [-0.39, 0.29) is 35.6 Å². The van der Waals surface area contributed by atoms with Gasteiger partial charge in [0.1, 0.15) is 18.4 Å². The SMILES string of the molecule is C/C=C/COc1ccc(-c2noc([C@@H]3CCCN3/C(N)=N/O)n2)cc1C(F)(F)F.CCC. The number of nitrogens with two attached hydrogens (primary N) is 1. The Labute approximate surface area is 184 Å². The lowest BCUT2D eigenvalue weighted by molar-refractivity contribution is -0.138. The van der Waals surface area contributed by atoms with Crippen LogP contribution in [0.3, 0.4) is 0 Å². The number of nitrogens with zero attached hydrogens (tertiary/aromatic N) is 4. The molecule has 1 saturated heterocycles. The molecule has 2 heterocycles. The summed E-state index contributed by atoms with van der Waals surface area (Å²) in [6.45, 7) is 6.56. The predicted octanol–water partition coefficient (Wildman–Crippen LogP) is 4.97. The summed E-state index contributed by atoms with van der Waals surface area (Å²) in [6.07, 6.45) is 1.32. The van der Waals surface area contributed by atoms with Gasteiger partial charge in [-0.15, -0.1) is 0 Å². The third kappa shape index (κ3) is 6.14. The Bertz CT molecular complexity index is 928. The van der Waals surface area contributed by atoms with E-state index >= 15 is 0 Å². The molecule has 0 saturated carbocycles. The molecule has 0 unspecified atom stereocenters. The van der Waals surface area contributed by atoms with E-state index in [2.05, 4.69) is 29.1 Å². The van der Waals surface area contributed by atoms with Gasteiger partial charge in [0.2, 0.25) is 17.7 Å².